The van der Waals surface area contributed by atoms with E-state index >= 15 is 0 Å². The quantitative estimate of drug-likeness (QED) is 0.728. The lowest BCUT2D eigenvalue weighted by Crippen LogP contribution is -2.38. The van der Waals surface area contributed by atoms with Crippen LogP contribution in [0.2, 0.25) is 0 Å². The molecule has 4 rings (SSSR count). The number of fused-ring (bicyclic) bond motifs is 1. The highest BCUT2D eigenvalue weighted by Gasteiger charge is 2.27. The number of hydrogen-bond donors (Lipinski definition) is 0. The Bertz CT molecular complexity index is 936. The van der Waals surface area contributed by atoms with Gasteiger partial charge in [-0.1, -0.05) is 0 Å². The van der Waals surface area contributed by atoms with Crippen molar-refractivity contribution in [1.29, 1.82) is 0 Å². The zero-order valence-corrected chi connectivity index (χ0v) is 14.6. The average molecular weight is 348 g/mol. The second kappa shape index (κ2) is 7.07. The Labute approximate surface area is 151 Å². The van der Waals surface area contributed by atoms with Gasteiger partial charge in [0, 0.05) is 42.5 Å². The lowest BCUT2D eigenvalue weighted by Gasteiger charge is -2.32. The molecule has 0 radical (unpaired) electrons. The van der Waals surface area contributed by atoms with Gasteiger partial charge in [0.2, 0.25) is 5.88 Å². The predicted molar refractivity (Wildman–Crippen MR) is 98.2 cm³/mol. The molecule has 0 unspecified atom stereocenters. The molecule has 0 saturated carbocycles. The van der Waals surface area contributed by atoms with Gasteiger partial charge in [-0.15, -0.1) is 0 Å². The van der Waals surface area contributed by atoms with Gasteiger partial charge in [0.15, 0.2) is 5.65 Å². The van der Waals surface area contributed by atoms with E-state index in [0.29, 0.717) is 30.5 Å². The van der Waals surface area contributed by atoms with Crippen molar-refractivity contribution in [2.75, 3.05) is 20.2 Å². The number of carbonyl (C=O) groups is 1. The maximum absolute atomic E-state index is 12.8. The second-order valence-corrected chi connectivity index (χ2v) is 6.41. The lowest BCUT2D eigenvalue weighted by molar-refractivity contribution is 0.0708. The summed E-state index contributed by atoms with van der Waals surface area (Å²) in [5.41, 5.74) is 2.35. The SMILES string of the molecule is COc1ncccc1C(=O)N1CCC(c2ccc3cccnc3n2)CC1. The van der Waals surface area contributed by atoms with E-state index in [1.54, 1.807) is 24.5 Å². The van der Waals surface area contributed by atoms with E-state index in [4.69, 9.17) is 9.72 Å². The van der Waals surface area contributed by atoms with Crippen LogP contribution in [0.3, 0.4) is 0 Å². The standard InChI is InChI=1S/C20H20N4O2/c1-26-19-16(5-3-11-22-19)20(25)24-12-8-14(9-13-24)17-7-6-15-4-2-10-21-18(15)23-17/h2-7,10-11,14H,8-9,12-13H2,1H3. The number of amides is 1. The zero-order valence-electron chi connectivity index (χ0n) is 14.6. The number of rotatable bonds is 3. The summed E-state index contributed by atoms with van der Waals surface area (Å²) in [6, 6.07) is 11.6. The van der Waals surface area contributed by atoms with Crippen molar-refractivity contribution >= 4 is 16.9 Å². The molecule has 0 bridgehead atoms. The van der Waals surface area contributed by atoms with Crippen LogP contribution >= 0.6 is 0 Å². The molecule has 4 heterocycles. The van der Waals surface area contributed by atoms with Crippen molar-refractivity contribution in [2.45, 2.75) is 18.8 Å². The van der Waals surface area contributed by atoms with Crippen LogP contribution in [0, 0.1) is 0 Å². The van der Waals surface area contributed by atoms with E-state index in [1.165, 1.54) is 7.11 Å². The maximum atomic E-state index is 12.8. The monoisotopic (exact) mass is 348 g/mol. The van der Waals surface area contributed by atoms with Crippen LogP contribution in [0.1, 0.15) is 34.8 Å². The molecule has 0 spiro atoms. The summed E-state index contributed by atoms with van der Waals surface area (Å²) in [4.78, 5) is 27.8. The van der Waals surface area contributed by atoms with Gasteiger partial charge in [0.1, 0.15) is 5.56 Å². The summed E-state index contributed by atoms with van der Waals surface area (Å²) >= 11 is 0. The molecule has 0 aliphatic carbocycles. The summed E-state index contributed by atoms with van der Waals surface area (Å²) in [6.45, 7) is 1.40. The molecule has 0 N–H and O–H groups in total. The second-order valence-electron chi connectivity index (χ2n) is 6.41. The van der Waals surface area contributed by atoms with Crippen molar-refractivity contribution in [2.24, 2.45) is 0 Å². The molecule has 3 aromatic rings. The van der Waals surface area contributed by atoms with Gasteiger partial charge >= 0.3 is 0 Å². The summed E-state index contributed by atoms with van der Waals surface area (Å²) in [7, 11) is 1.53. The van der Waals surface area contributed by atoms with Crippen molar-refractivity contribution < 1.29 is 9.53 Å². The Morgan fingerprint density at radius 2 is 1.85 bits per heavy atom. The fourth-order valence-corrected chi connectivity index (χ4v) is 3.46. The molecule has 0 atom stereocenters. The van der Waals surface area contributed by atoms with E-state index < -0.39 is 0 Å². The number of pyridine rings is 3. The molecule has 1 amide bonds. The highest BCUT2D eigenvalue weighted by molar-refractivity contribution is 5.96. The first-order chi connectivity index (χ1) is 12.8. The smallest absolute Gasteiger partial charge is 0.259 e. The van der Waals surface area contributed by atoms with Crippen LogP contribution in [0.15, 0.2) is 48.8 Å². The number of likely N-dealkylation sites (tertiary alicyclic amines) is 1. The van der Waals surface area contributed by atoms with E-state index in [0.717, 1.165) is 29.6 Å². The highest BCUT2D eigenvalue weighted by atomic mass is 16.5. The minimum Gasteiger partial charge on any atom is -0.480 e. The first-order valence-electron chi connectivity index (χ1n) is 8.76. The molecule has 1 aliphatic heterocycles. The van der Waals surface area contributed by atoms with Gasteiger partial charge in [0.05, 0.1) is 7.11 Å². The fraction of sp³-hybridized carbons (Fsp3) is 0.300. The fourth-order valence-electron chi connectivity index (χ4n) is 3.46. The highest BCUT2D eigenvalue weighted by Crippen LogP contribution is 2.29. The topological polar surface area (TPSA) is 68.2 Å². The van der Waals surface area contributed by atoms with E-state index in [9.17, 15) is 4.79 Å². The molecule has 3 aromatic heterocycles. The lowest BCUT2D eigenvalue weighted by atomic mass is 9.92. The van der Waals surface area contributed by atoms with Gasteiger partial charge in [0.25, 0.3) is 5.91 Å². The minimum atomic E-state index is -0.0264. The van der Waals surface area contributed by atoms with Crippen LogP contribution in [0.5, 0.6) is 5.88 Å². The third kappa shape index (κ3) is 3.10. The van der Waals surface area contributed by atoms with Crippen LogP contribution in [-0.4, -0.2) is 46.0 Å². The normalized spacial score (nSPS) is 15.2. The minimum absolute atomic E-state index is 0.0264. The molecule has 6 heteroatoms. The Morgan fingerprint density at radius 3 is 2.65 bits per heavy atom. The van der Waals surface area contributed by atoms with Gasteiger partial charge < -0.3 is 9.64 Å². The first kappa shape index (κ1) is 16.4. The van der Waals surface area contributed by atoms with Crippen LogP contribution < -0.4 is 4.74 Å². The van der Waals surface area contributed by atoms with Crippen molar-refractivity contribution in [3.8, 4) is 5.88 Å². The Balaban J connectivity index is 1.47. The van der Waals surface area contributed by atoms with Crippen molar-refractivity contribution in [3.05, 3.63) is 60.0 Å². The number of nitrogens with zero attached hydrogens (tertiary/aromatic N) is 4. The number of methoxy groups -OCH3 is 1. The number of ether oxygens (including phenoxy) is 1. The molecule has 1 aliphatic rings. The summed E-state index contributed by atoms with van der Waals surface area (Å²) in [5.74, 6) is 0.699. The molecule has 1 saturated heterocycles. The first-order valence-corrected chi connectivity index (χ1v) is 8.76. The Hall–Kier alpha value is -3.02. The molecule has 26 heavy (non-hydrogen) atoms. The molecule has 1 fully saturated rings. The van der Waals surface area contributed by atoms with Gasteiger partial charge in [-0.2, -0.15) is 0 Å². The van der Waals surface area contributed by atoms with Crippen molar-refractivity contribution in [3.63, 3.8) is 0 Å². The Morgan fingerprint density at radius 1 is 1.08 bits per heavy atom. The van der Waals surface area contributed by atoms with E-state index in [1.807, 2.05) is 17.0 Å². The van der Waals surface area contributed by atoms with Crippen LogP contribution in [0.25, 0.3) is 11.0 Å². The summed E-state index contributed by atoms with van der Waals surface area (Å²) in [5, 5.41) is 1.05. The van der Waals surface area contributed by atoms with Crippen molar-refractivity contribution in [1.82, 2.24) is 19.9 Å². The number of hydrogen-bond acceptors (Lipinski definition) is 5. The zero-order chi connectivity index (χ0) is 17.9. The molecular weight excluding hydrogens is 328 g/mol. The predicted octanol–water partition coefficient (Wildman–Crippen LogP) is 3.05. The number of carbonyl (C=O) groups excluding carboxylic acids is 1. The van der Waals surface area contributed by atoms with Crippen LogP contribution in [0.4, 0.5) is 0 Å². The van der Waals surface area contributed by atoms with Crippen LogP contribution in [-0.2, 0) is 0 Å². The molecule has 0 aromatic carbocycles. The van der Waals surface area contributed by atoms with Gasteiger partial charge in [-0.3, -0.25) is 4.79 Å². The number of aromatic nitrogens is 3. The van der Waals surface area contributed by atoms with E-state index in [2.05, 4.69) is 22.1 Å². The van der Waals surface area contributed by atoms with Gasteiger partial charge in [-0.05, 0) is 49.2 Å². The number of piperidine rings is 1. The van der Waals surface area contributed by atoms with E-state index in [-0.39, 0.29) is 5.91 Å². The average Bonchev–Trinajstić information content (AvgIpc) is 2.73. The molecule has 132 valence electrons. The maximum Gasteiger partial charge on any atom is 0.259 e. The van der Waals surface area contributed by atoms with Gasteiger partial charge in [-0.25, -0.2) is 15.0 Å². The Kier molecular flexibility index (Phi) is 4.48. The third-order valence-corrected chi connectivity index (χ3v) is 4.88. The molecular formula is C20H20N4O2. The third-order valence-electron chi connectivity index (χ3n) is 4.88. The molecule has 6 nitrogen and oxygen atoms in total. The summed E-state index contributed by atoms with van der Waals surface area (Å²) in [6.07, 6.45) is 5.17. The largest absolute Gasteiger partial charge is 0.480 e. The summed E-state index contributed by atoms with van der Waals surface area (Å²) < 4.78 is 5.21.